The van der Waals surface area contributed by atoms with Crippen LogP contribution < -0.4 is 20.9 Å². The van der Waals surface area contributed by atoms with E-state index < -0.39 is 42.8 Å². The van der Waals surface area contributed by atoms with Crippen LogP contribution >= 0.6 is 0 Å². The van der Waals surface area contributed by atoms with Crippen LogP contribution in [0.1, 0.15) is 71.2 Å². The van der Waals surface area contributed by atoms with Gasteiger partial charge in [-0.25, -0.2) is 14.4 Å². The number of nitrogen functional groups attached to an aromatic ring is 2. The van der Waals surface area contributed by atoms with Crippen molar-refractivity contribution in [2.45, 2.75) is 57.0 Å². The van der Waals surface area contributed by atoms with Crippen molar-refractivity contribution < 1.29 is 55.3 Å². The van der Waals surface area contributed by atoms with Crippen LogP contribution in [0.25, 0.3) is 6.08 Å². The van der Waals surface area contributed by atoms with Gasteiger partial charge in [0.2, 0.25) is 0 Å². The summed E-state index contributed by atoms with van der Waals surface area (Å²) in [5, 5.41) is 0. The predicted molar refractivity (Wildman–Crippen MR) is 172 cm³/mol. The molecule has 0 aromatic heterocycles. The number of nitrogens with two attached hydrogens (primary N) is 2. The molecule has 9 nitrogen and oxygen atoms in total. The molecule has 0 aliphatic carbocycles. The number of ether oxygens (including phenoxy) is 4. The van der Waals surface area contributed by atoms with Crippen LogP contribution in [0.2, 0.25) is 0 Å². The van der Waals surface area contributed by atoms with E-state index in [1.165, 1.54) is 54.6 Å². The molecule has 0 heterocycles. The highest BCUT2D eigenvalue weighted by Crippen LogP contribution is 2.38. The topological polar surface area (TPSA) is 140 Å². The average molecular weight is 693 g/mol. The highest BCUT2D eigenvalue weighted by molar-refractivity contribution is 5.92. The fourth-order valence-electron chi connectivity index (χ4n) is 4.29. The fourth-order valence-corrected chi connectivity index (χ4v) is 4.29. The van der Waals surface area contributed by atoms with Gasteiger partial charge in [0, 0.05) is 23.9 Å². The minimum absolute atomic E-state index is 0.157. The Morgan fingerprint density at radius 1 is 0.633 bits per heavy atom. The summed E-state index contributed by atoms with van der Waals surface area (Å²) in [5.41, 5.74) is 13.3. The van der Waals surface area contributed by atoms with E-state index in [1.54, 1.807) is 24.3 Å². The standard InChI is InChI=1S/C35H37F5N2O7/c36-34(37,35(38,39)40)17-6-20-46-29-14-10-25(11-15-29)33(45)49-30-12-7-24(8-13-30)9-16-31(43)47-18-4-2-1-3-5-19-48-32(44)26-21-27(41)23-28(42)22-26/h7-16,21-23H,1-6,17-20,41-42H2. The van der Waals surface area contributed by atoms with Gasteiger partial charge >= 0.3 is 30.0 Å². The first-order valence-corrected chi connectivity index (χ1v) is 15.4. The second kappa shape index (κ2) is 18.4. The summed E-state index contributed by atoms with van der Waals surface area (Å²) < 4.78 is 83.5. The van der Waals surface area contributed by atoms with Crippen molar-refractivity contribution in [3.8, 4) is 11.5 Å². The van der Waals surface area contributed by atoms with Gasteiger partial charge in [-0.3, -0.25) is 0 Å². The van der Waals surface area contributed by atoms with Crippen molar-refractivity contribution in [3.05, 3.63) is 89.5 Å². The molecule has 3 aromatic rings. The Morgan fingerprint density at radius 2 is 1.20 bits per heavy atom. The predicted octanol–water partition coefficient (Wildman–Crippen LogP) is 7.79. The number of alkyl halides is 5. The highest BCUT2D eigenvalue weighted by Gasteiger charge is 2.56. The van der Waals surface area contributed by atoms with Gasteiger partial charge in [0.05, 0.1) is 30.9 Å². The van der Waals surface area contributed by atoms with E-state index in [4.69, 9.17) is 30.4 Å². The zero-order valence-electron chi connectivity index (χ0n) is 26.5. The summed E-state index contributed by atoms with van der Waals surface area (Å²) in [6, 6.07) is 16.4. The third-order valence-electron chi connectivity index (χ3n) is 6.89. The first kappa shape index (κ1) is 38.3. The van der Waals surface area contributed by atoms with Crippen LogP contribution in [-0.2, 0) is 14.3 Å². The first-order chi connectivity index (χ1) is 23.2. The lowest BCUT2D eigenvalue weighted by atomic mass is 10.1. The van der Waals surface area contributed by atoms with Crippen molar-refractivity contribution in [2.24, 2.45) is 0 Å². The molecule has 264 valence electrons. The third kappa shape index (κ3) is 13.5. The number of benzene rings is 3. The molecule has 0 atom stereocenters. The fraction of sp³-hybridized carbons (Fsp3) is 0.343. The Hall–Kier alpha value is -5.14. The van der Waals surface area contributed by atoms with E-state index in [1.807, 2.05) is 0 Å². The number of halogens is 5. The van der Waals surface area contributed by atoms with E-state index in [-0.39, 0.29) is 36.9 Å². The van der Waals surface area contributed by atoms with Crippen LogP contribution in [0.15, 0.2) is 72.8 Å². The van der Waals surface area contributed by atoms with Gasteiger partial charge in [-0.05, 0) is 85.5 Å². The van der Waals surface area contributed by atoms with Gasteiger partial charge in [0.25, 0.3) is 0 Å². The number of hydrogen-bond acceptors (Lipinski definition) is 9. The molecular weight excluding hydrogens is 655 g/mol. The van der Waals surface area contributed by atoms with E-state index in [0.717, 1.165) is 19.3 Å². The summed E-state index contributed by atoms with van der Waals surface area (Å²) in [7, 11) is 0. The van der Waals surface area contributed by atoms with Crippen molar-refractivity contribution >= 4 is 35.4 Å². The molecule has 0 fully saturated rings. The Morgan fingerprint density at radius 3 is 1.82 bits per heavy atom. The second-order valence-corrected chi connectivity index (χ2v) is 10.9. The maximum atomic E-state index is 13.0. The van der Waals surface area contributed by atoms with Crippen LogP contribution in [0.4, 0.5) is 33.3 Å². The normalized spacial score (nSPS) is 11.7. The zero-order valence-corrected chi connectivity index (χ0v) is 26.5. The molecule has 4 N–H and O–H groups in total. The lowest BCUT2D eigenvalue weighted by Crippen LogP contribution is -2.36. The number of esters is 3. The van der Waals surface area contributed by atoms with Gasteiger partial charge in [-0.15, -0.1) is 0 Å². The van der Waals surface area contributed by atoms with Crippen molar-refractivity contribution in [1.82, 2.24) is 0 Å². The SMILES string of the molecule is Nc1cc(N)cc(C(=O)OCCCCCCCOC(=O)C=Cc2ccc(OC(=O)c3ccc(OCCCC(F)(F)C(F)(F)F)cc3)cc2)c1. The maximum absolute atomic E-state index is 13.0. The van der Waals surface area contributed by atoms with Crippen molar-refractivity contribution in [1.29, 1.82) is 0 Å². The lowest BCUT2D eigenvalue weighted by molar-refractivity contribution is -0.284. The first-order valence-electron chi connectivity index (χ1n) is 15.4. The van der Waals surface area contributed by atoms with Gasteiger partial charge in [0.15, 0.2) is 0 Å². The van der Waals surface area contributed by atoms with Crippen LogP contribution in [0.5, 0.6) is 11.5 Å². The third-order valence-corrected chi connectivity index (χ3v) is 6.89. The van der Waals surface area contributed by atoms with Crippen LogP contribution in [0.3, 0.4) is 0 Å². The minimum atomic E-state index is -5.61. The highest BCUT2D eigenvalue weighted by atomic mass is 19.4. The summed E-state index contributed by atoms with van der Waals surface area (Å²) in [4.78, 5) is 36.5. The minimum Gasteiger partial charge on any atom is -0.494 e. The van der Waals surface area contributed by atoms with Crippen molar-refractivity contribution in [3.63, 3.8) is 0 Å². The largest absolute Gasteiger partial charge is 0.494 e. The molecule has 0 radical (unpaired) electrons. The van der Waals surface area contributed by atoms with E-state index in [0.29, 0.717) is 35.3 Å². The maximum Gasteiger partial charge on any atom is 0.453 e. The van der Waals surface area contributed by atoms with Crippen LogP contribution in [-0.4, -0.2) is 49.8 Å². The number of unbranched alkanes of at least 4 members (excludes halogenated alkanes) is 4. The molecule has 3 aromatic carbocycles. The van der Waals surface area contributed by atoms with Crippen LogP contribution in [0, 0.1) is 0 Å². The van der Waals surface area contributed by atoms with Gasteiger partial charge < -0.3 is 30.4 Å². The number of carbonyl (C=O) groups excluding carboxylic acids is 3. The van der Waals surface area contributed by atoms with Gasteiger partial charge in [-0.1, -0.05) is 31.4 Å². The number of rotatable bonds is 18. The molecule has 49 heavy (non-hydrogen) atoms. The van der Waals surface area contributed by atoms with Gasteiger partial charge in [0.1, 0.15) is 11.5 Å². The summed E-state index contributed by atoms with van der Waals surface area (Å²) in [6.45, 7) is 0.180. The molecule has 0 saturated carbocycles. The Bertz CT molecular complexity index is 1540. The second-order valence-electron chi connectivity index (χ2n) is 10.9. The molecular formula is C35H37F5N2O7. The lowest BCUT2D eigenvalue weighted by Gasteiger charge is -2.19. The summed E-state index contributed by atoms with van der Waals surface area (Å²) >= 11 is 0. The molecule has 0 aliphatic heterocycles. The molecule has 0 unspecified atom stereocenters. The summed E-state index contributed by atoms with van der Waals surface area (Å²) in [5.74, 6) is -6.02. The number of carbonyl (C=O) groups is 3. The van der Waals surface area contributed by atoms with Gasteiger partial charge in [-0.2, -0.15) is 22.0 Å². The monoisotopic (exact) mass is 692 g/mol. The average Bonchev–Trinajstić information content (AvgIpc) is 3.04. The zero-order chi connectivity index (χ0) is 35.9. The Kier molecular flexibility index (Phi) is 14.4. The number of hydrogen-bond donors (Lipinski definition) is 2. The number of anilines is 2. The van der Waals surface area contributed by atoms with E-state index >= 15 is 0 Å². The molecule has 14 heteroatoms. The summed E-state index contributed by atoms with van der Waals surface area (Å²) in [6.07, 6.45) is -0.725. The smallest absolute Gasteiger partial charge is 0.453 e. The Balaban J connectivity index is 1.27. The van der Waals surface area contributed by atoms with E-state index in [2.05, 4.69) is 0 Å². The molecule has 0 amide bonds. The quantitative estimate of drug-likeness (QED) is 0.0341. The molecule has 0 spiro atoms. The van der Waals surface area contributed by atoms with E-state index in [9.17, 15) is 36.3 Å². The molecule has 0 saturated heterocycles. The van der Waals surface area contributed by atoms with Crippen molar-refractivity contribution in [2.75, 3.05) is 31.3 Å². The molecule has 3 rings (SSSR count). The molecule has 0 aliphatic rings. The molecule has 0 bridgehead atoms. The Labute approximate surface area is 280 Å².